The molecule has 126 valence electrons. The SMILES string of the molecule is Cc1ccc2[nH]c(-c3sc4ccccc4c3C)c(-c3ccccc3)c2c1. The Labute approximate surface area is 156 Å². The number of H-pyrrole nitrogens is 1. The highest BCUT2D eigenvalue weighted by Crippen LogP contribution is 2.44. The van der Waals surface area contributed by atoms with Crippen LogP contribution >= 0.6 is 11.3 Å². The molecule has 0 atom stereocenters. The third-order valence-corrected chi connectivity index (χ3v) is 6.38. The number of fused-ring (bicyclic) bond motifs is 2. The van der Waals surface area contributed by atoms with Crippen molar-refractivity contribution in [3.63, 3.8) is 0 Å². The average molecular weight is 353 g/mol. The van der Waals surface area contributed by atoms with Crippen LogP contribution in [-0.4, -0.2) is 4.98 Å². The van der Waals surface area contributed by atoms with Gasteiger partial charge in [-0.15, -0.1) is 11.3 Å². The second kappa shape index (κ2) is 5.86. The number of benzene rings is 3. The van der Waals surface area contributed by atoms with E-state index < -0.39 is 0 Å². The average Bonchev–Trinajstić information content (AvgIpc) is 3.20. The van der Waals surface area contributed by atoms with Crippen molar-refractivity contribution >= 4 is 32.3 Å². The molecule has 0 aliphatic rings. The third-order valence-electron chi connectivity index (χ3n) is 5.09. The Hall–Kier alpha value is -2.84. The molecule has 0 bridgehead atoms. The fraction of sp³-hybridized carbons (Fsp3) is 0.0833. The zero-order valence-corrected chi connectivity index (χ0v) is 15.7. The van der Waals surface area contributed by atoms with Gasteiger partial charge in [0.2, 0.25) is 0 Å². The van der Waals surface area contributed by atoms with Gasteiger partial charge in [0.25, 0.3) is 0 Å². The van der Waals surface area contributed by atoms with Crippen LogP contribution in [0.4, 0.5) is 0 Å². The summed E-state index contributed by atoms with van der Waals surface area (Å²) in [5, 5.41) is 2.64. The third kappa shape index (κ3) is 2.30. The molecule has 3 aromatic carbocycles. The molecular formula is C24H19NS. The fourth-order valence-electron chi connectivity index (χ4n) is 3.79. The molecule has 5 rings (SSSR count). The number of hydrogen-bond acceptors (Lipinski definition) is 1. The van der Waals surface area contributed by atoms with E-state index in [2.05, 4.69) is 91.6 Å². The van der Waals surface area contributed by atoms with E-state index in [1.165, 1.54) is 53.8 Å². The van der Waals surface area contributed by atoms with Crippen molar-refractivity contribution in [2.24, 2.45) is 0 Å². The van der Waals surface area contributed by atoms with Crippen LogP contribution in [0, 0.1) is 13.8 Å². The molecule has 0 aliphatic heterocycles. The summed E-state index contributed by atoms with van der Waals surface area (Å²) in [5.74, 6) is 0. The Bertz CT molecular complexity index is 1240. The van der Waals surface area contributed by atoms with Gasteiger partial charge < -0.3 is 4.98 Å². The fourth-order valence-corrected chi connectivity index (χ4v) is 5.01. The minimum Gasteiger partial charge on any atom is -0.353 e. The second-order valence-corrected chi connectivity index (χ2v) is 7.89. The maximum Gasteiger partial charge on any atom is 0.0649 e. The summed E-state index contributed by atoms with van der Waals surface area (Å²) >= 11 is 1.87. The lowest BCUT2D eigenvalue weighted by molar-refractivity contribution is 1.44. The topological polar surface area (TPSA) is 15.8 Å². The van der Waals surface area contributed by atoms with Crippen LogP contribution in [0.1, 0.15) is 11.1 Å². The summed E-state index contributed by atoms with van der Waals surface area (Å²) in [6.45, 7) is 4.39. The molecule has 1 N–H and O–H groups in total. The van der Waals surface area contributed by atoms with Crippen molar-refractivity contribution in [3.8, 4) is 21.7 Å². The van der Waals surface area contributed by atoms with Gasteiger partial charge in [-0.1, -0.05) is 60.2 Å². The van der Waals surface area contributed by atoms with E-state index in [4.69, 9.17) is 0 Å². The monoisotopic (exact) mass is 353 g/mol. The first-order valence-corrected chi connectivity index (χ1v) is 9.70. The van der Waals surface area contributed by atoms with Crippen LogP contribution in [0.3, 0.4) is 0 Å². The van der Waals surface area contributed by atoms with E-state index in [1.807, 2.05) is 11.3 Å². The van der Waals surface area contributed by atoms with E-state index >= 15 is 0 Å². The smallest absolute Gasteiger partial charge is 0.0649 e. The first-order chi connectivity index (χ1) is 12.7. The summed E-state index contributed by atoms with van der Waals surface area (Å²) < 4.78 is 1.34. The molecule has 2 aromatic heterocycles. The molecule has 5 aromatic rings. The van der Waals surface area contributed by atoms with Crippen molar-refractivity contribution in [3.05, 3.63) is 83.9 Å². The van der Waals surface area contributed by atoms with E-state index in [1.54, 1.807) is 0 Å². The second-order valence-electron chi connectivity index (χ2n) is 6.84. The molecule has 2 heteroatoms. The van der Waals surface area contributed by atoms with Gasteiger partial charge in [0.15, 0.2) is 0 Å². The zero-order chi connectivity index (χ0) is 17.7. The molecule has 0 saturated carbocycles. The maximum absolute atomic E-state index is 3.72. The highest BCUT2D eigenvalue weighted by atomic mass is 32.1. The standard InChI is InChI=1S/C24H19NS/c1-15-12-13-20-19(14-15)22(17-8-4-3-5-9-17)23(25-20)24-16(2)18-10-6-7-11-21(18)26-24/h3-14,25H,1-2H3. The molecule has 1 nitrogen and oxygen atoms in total. The van der Waals surface area contributed by atoms with Crippen molar-refractivity contribution in [1.82, 2.24) is 4.98 Å². The number of nitrogens with one attached hydrogen (secondary N) is 1. The number of aromatic nitrogens is 1. The highest BCUT2D eigenvalue weighted by molar-refractivity contribution is 7.22. The summed E-state index contributed by atoms with van der Waals surface area (Å²) in [6, 6.07) is 26.1. The van der Waals surface area contributed by atoms with E-state index in [9.17, 15) is 0 Å². The molecular weight excluding hydrogens is 334 g/mol. The lowest BCUT2D eigenvalue weighted by atomic mass is 9.99. The maximum atomic E-state index is 3.72. The Morgan fingerprint density at radius 3 is 2.35 bits per heavy atom. The molecule has 0 amide bonds. The van der Waals surface area contributed by atoms with E-state index in [-0.39, 0.29) is 0 Å². The van der Waals surface area contributed by atoms with Crippen molar-refractivity contribution < 1.29 is 0 Å². The van der Waals surface area contributed by atoms with Crippen LogP contribution in [0.2, 0.25) is 0 Å². The molecule has 26 heavy (non-hydrogen) atoms. The predicted molar refractivity (Wildman–Crippen MR) is 114 cm³/mol. The Kier molecular flexibility index (Phi) is 3.47. The minimum atomic E-state index is 1.20. The quantitative estimate of drug-likeness (QED) is 0.342. The van der Waals surface area contributed by atoms with Crippen LogP contribution in [0.25, 0.3) is 42.7 Å². The van der Waals surface area contributed by atoms with Gasteiger partial charge in [-0.3, -0.25) is 0 Å². The first-order valence-electron chi connectivity index (χ1n) is 8.88. The van der Waals surface area contributed by atoms with Gasteiger partial charge >= 0.3 is 0 Å². The number of aryl methyl sites for hydroxylation is 2. The van der Waals surface area contributed by atoms with Crippen LogP contribution in [0.15, 0.2) is 72.8 Å². The molecule has 0 unspecified atom stereocenters. The number of aromatic amines is 1. The molecule has 0 spiro atoms. The minimum absolute atomic E-state index is 1.20. The molecule has 0 aliphatic carbocycles. The Balaban J connectivity index is 1.89. The van der Waals surface area contributed by atoms with Crippen molar-refractivity contribution in [1.29, 1.82) is 0 Å². The lowest BCUT2D eigenvalue weighted by Crippen LogP contribution is -1.82. The zero-order valence-electron chi connectivity index (χ0n) is 14.8. The van der Waals surface area contributed by atoms with Crippen molar-refractivity contribution in [2.45, 2.75) is 13.8 Å². The molecule has 0 saturated heterocycles. The Morgan fingerprint density at radius 2 is 1.54 bits per heavy atom. The lowest BCUT2D eigenvalue weighted by Gasteiger charge is -2.05. The van der Waals surface area contributed by atoms with Gasteiger partial charge in [-0.25, -0.2) is 0 Å². The van der Waals surface area contributed by atoms with Gasteiger partial charge in [-0.2, -0.15) is 0 Å². The predicted octanol–water partition coefficient (Wildman–Crippen LogP) is 7.33. The molecule has 2 heterocycles. The summed E-state index contributed by atoms with van der Waals surface area (Å²) in [5.41, 5.74) is 7.63. The molecule has 0 fully saturated rings. The van der Waals surface area contributed by atoms with E-state index in [0.29, 0.717) is 0 Å². The van der Waals surface area contributed by atoms with Crippen LogP contribution < -0.4 is 0 Å². The highest BCUT2D eigenvalue weighted by Gasteiger charge is 2.19. The summed E-state index contributed by atoms with van der Waals surface area (Å²) in [4.78, 5) is 5.05. The summed E-state index contributed by atoms with van der Waals surface area (Å²) in [6.07, 6.45) is 0. The number of rotatable bonds is 2. The van der Waals surface area contributed by atoms with Gasteiger partial charge in [0.1, 0.15) is 0 Å². The Morgan fingerprint density at radius 1 is 0.769 bits per heavy atom. The summed E-state index contributed by atoms with van der Waals surface area (Å²) in [7, 11) is 0. The van der Waals surface area contributed by atoms with Crippen LogP contribution in [0.5, 0.6) is 0 Å². The van der Waals surface area contributed by atoms with Gasteiger partial charge in [-0.05, 0) is 48.6 Å². The van der Waals surface area contributed by atoms with Gasteiger partial charge in [0, 0.05) is 21.2 Å². The number of hydrogen-bond donors (Lipinski definition) is 1. The first kappa shape index (κ1) is 15.4. The largest absolute Gasteiger partial charge is 0.353 e. The van der Waals surface area contributed by atoms with E-state index in [0.717, 1.165) is 0 Å². The normalized spacial score (nSPS) is 11.5. The van der Waals surface area contributed by atoms with Crippen LogP contribution in [-0.2, 0) is 0 Å². The van der Waals surface area contributed by atoms with Gasteiger partial charge in [0.05, 0.1) is 10.6 Å². The number of thiophene rings is 1. The molecule has 0 radical (unpaired) electrons. The van der Waals surface area contributed by atoms with Crippen molar-refractivity contribution in [2.75, 3.05) is 0 Å².